The molecule has 0 saturated heterocycles. The third-order valence-corrected chi connectivity index (χ3v) is 2.93. The topological polar surface area (TPSA) is 45.2 Å². The molecule has 1 aromatic rings. The van der Waals surface area contributed by atoms with Gasteiger partial charge in [0.05, 0.1) is 10.6 Å². The third kappa shape index (κ3) is 4.32. The normalized spacial score (nSPS) is 10.6. The van der Waals surface area contributed by atoms with E-state index in [-0.39, 0.29) is 5.91 Å². The largest absolute Gasteiger partial charge is 0.351 e. The summed E-state index contributed by atoms with van der Waals surface area (Å²) < 4.78 is 0. The van der Waals surface area contributed by atoms with E-state index in [1.807, 2.05) is 0 Å². The summed E-state index contributed by atoms with van der Waals surface area (Å²) in [5, 5.41) is 3.23. The van der Waals surface area contributed by atoms with Gasteiger partial charge in [-0.3, -0.25) is 9.78 Å². The maximum absolute atomic E-state index is 11.8. The lowest BCUT2D eigenvalue weighted by Gasteiger charge is -2.18. The fourth-order valence-corrected chi connectivity index (χ4v) is 1.73. The van der Waals surface area contributed by atoms with Crippen LogP contribution in [0.4, 0.5) is 0 Å². The van der Waals surface area contributed by atoms with Gasteiger partial charge in [0.1, 0.15) is 0 Å². The first-order valence-electron chi connectivity index (χ1n) is 5.79. The minimum absolute atomic E-state index is 0.149. The number of hydrogen-bond acceptors (Lipinski definition) is 3. The second-order valence-corrected chi connectivity index (χ2v) is 4.05. The van der Waals surface area contributed by atoms with Crippen molar-refractivity contribution in [1.82, 2.24) is 15.2 Å². The standard InChI is InChI=1S/C12H18ClN3O/c1-3-16(4-2)8-7-15-12(17)10-5-6-14-9-11(10)13/h5-6,9H,3-4,7-8H2,1-2H3,(H,15,17). The average Bonchev–Trinajstić information content (AvgIpc) is 2.35. The second-order valence-electron chi connectivity index (χ2n) is 3.64. The number of pyridine rings is 1. The number of aromatic nitrogens is 1. The fraction of sp³-hybridized carbons (Fsp3) is 0.500. The Morgan fingerprint density at radius 3 is 2.76 bits per heavy atom. The molecular weight excluding hydrogens is 238 g/mol. The Morgan fingerprint density at radius 2 is 2.18 bits per heavy atom. The third-order valence-electron chi connectivity index (χ3n) is 2.63. The van der Waals surface area contributed by atoms with Crippen molar-refractivity contribution in [3.8, 4) is 0 Å². The minimum atomic E-state index is -0.149. The number of carbonyl (C=O) groups is 1. The predicted molar refractivity (Wildman–Crippen MR) is 69.4 cm³/mol. The SMILES string of the molecule is CCN(CC)CCNC(=O)c1ccncc1Cl. The molecule has 5 heteroatoms. The zero-order chi connectivity index (χ0) is 12.7. The van der Waals surface area contributed by atoms with E-state index in [0.29, 0.717) is 17.1 Å². The number of rotatable bonds is 6. The van der Waals surface area contributed by atoms with Gasteiger partial charge in [-0.2, -0.15) is 0 Å². The Balaban J connectivity index is 2.43. The van der Waals surface area contributed by atoms with Crippen molar-refractivity contribution in [3.63, 3.8) is 0 Å². The van der Waals surface area contributed by atoms with E-state index in [1.165, 1.54) is 6.20 Å². The van der Waals surface area contributed by atoms with Gasteiger partial charge in [0.15, 0.2) is 0 Å². The van der Waals surface area contributed by atoms with E-state index in [0.717, 1.165) is 19.6 Å². The molecule has 1 rings (SSSR count). The summed E-state index contributed by atoms with van der Waals surface area (Å²) in [5.74, 6) is -0.149. The summed E-state index contributed by atoms with van der Waals surface area (Å²) >= 11 is 5.88. The van der Waals surface area contributed by atoms with Gasteiger partial charge in [0.2, 0.25) is 0 Å². The molecular formula is C12H18ClN3O. The highest BCUT2D eigenvalue weighted by Gasteiger charge is 2.09. The predicted octanol–water partition coefficient (Wildman–Crippen LogP) is 1.81. The number of likely N-dealkylation sites (N-methyl/N-ethyl adjacent to an activating group) is 1. The zero-order valence-electron chi connectivity index (χ0n) is 10.2. The number of carbonyl (C=O) groups excluding carboxylic acids is 1. The van der Waals surface area contributed by atoms with E-state index < -0.39 is 0 Å². The van der Waals surface area contributed by atoms with Crippen LogP contribution in [-0.2, 0) is 0 Å². The molecule has 0 saturated carbocycles. The highest BCUT2D eigenvalue weighted by molar-refractivity contribution is 6.33. The first-order valence-corrected chi connectivity index (χ1v) is 6.16. The van der Waals surface area contributed by atoms with Gasteiger partial charge in [-0.25, -0.2) is 0 Å². The molecule has 0 spiro atoms. The van der Waals surface area contributed by atoms with Crippen LogP contribution in [0.1, 0.15) is 24.2 Å². The molecule has 1 amide bonds. The number of hydrogen-bond donors (Lipinski definition) is 1. The molecule has 0 bridgehead atoms. The second kappa shape index (κ2) is 7.25. The van der Waals surface area contributed by atoms with Crippen LogP contribution in [-0.4, -0.2) is 42.0 Å². The average molecular weight is 256 g/mol. The van der Waals surface area contributed by atoms with Gasteiger partial charge >= 0.3 is 0 Å². The summed E-state index contributed by atoms with van der Waals surface area (Å²) in [7, 11) is 0. The molecule has 0 radical (unpaired) electrons. The molecule has 94 valence electrons. The Morgan fingerprint density at radius 1 is 1.47 bits per heavy atom. The van der Waals surface area contributed by atoms with E-state index in [9.17, 15) is 4.79 Å². The van der Waals surface area contributed by atoms with Crippen molar-refractivity contribution in [2.45, 2.75) is 13.8 Å². The lowest BCUT2D eigenvalue weighted by molar-refractivity contribution is 0.0949. The van der Waals surface area contributed by atoms with Gasteiger partial charge < -0.3 is 10.2 Å². The van der Waals surface area contributed by atoms with Crippen molar-refractivity contribution in [1.29, 1.82) is 0 Å². The van der Waals surface area contributed by atoms with Gasteiger partial charge in [-0.1, -0.05) is 25.4 Å². The van der Waals surface area contributed by atoms with Gasteiger partial charge in [-0.05, 0) is 19.2 Å². The Hall–Kier alpha value is -1.13. The quantitative estimate of drug-likeness (QED) is 0.843. The van der Waals surface area contributed by atoms with Crippen LogP contribution in [0.5, 0.6) is 0 Å². The molecule has 0 aliphatic heterocycles. The Labute approximate surface area is 107 Å². The molecule has 4 nitrogen and oxygen atoms in total. The molecule has 1 N–H and O–H groups in total. The van der Waals surface area contributed by atoms with Crippen molar-refractivity contribution >= 4 is 17.5 Å². The highest BCUT2D eigenvalue weighted by Crippen LogP contribution is 2.12. The van der Waals surface area contributed by atoms with Crippen molar-refractivity contribution in [3.05, 3.63) is 29.0 Å². The molecule has 0 aliphatic carbocycles. The Kier molecular flexibility index (Phi) is 5.94. The summed E-state index contributed by atoms with van der Waals surface area (Å²) in [5.41, 5.74) is 0.473. The first-order chi connectivity index (χ1) is 8.19. The number of amides is 1. The van der Waals surface area contributed by atoms with Crippen LogP contribution in [0.3, 0.4) is 0 Å². The molecule has 0 fully saturated rings. The van der Waals surface area contributed by atoms with E-state index >= 15 is 0 Å². The van der Waals surface area contributed by atoms with Crippen molar-refractivity contribution < 1.29 is 4.79 Å². The summed E-state index contributed by atoms with van der Waals surface area (Å²) in [4.78, 5) is 17.9. The van der Waals surface area contributed by atoms with Crippen molar-refractivity contribution in [2.75, 3.05) is 26.2 Å². The van der Waals surface area contributed by atoms with Crippen molar-refractivity contribution in [2.24, 2.45) is 0 Å². The number of halogens is 1. The van der Waals surface area contributed by atoms with E-state index in [1.54, 1.807) is 12.3 Å². The molecule has 17 heavy (non-hydrogen) atoms. The van der Waals surface area contributed by atoms with Crippen LogP contribution >= 0.6 is 11.6 Å². The van der Waals surface area contributed by atoms with Crippen LogP contribution in [0, 0.1) is 0 Å². The highest BCUT2D eigenvalue weighted by atomic mass is 35.5. The molecule has 0 aliphatic rings. The fourth-order valence-electron chi connectivity index (χ4n) is 1.52. The van der Waals surface area contributed by atoms with Crippen LogP contribution in [0.2, 0.25) is 5.02 Å². The number of nitrogens with zero attached hydrogens (tertiary/aromatic N) is 2. The summed E-state index contributed by atoms with van der Waals surface area (Å²) in [6.07, 6.45) is 3.03. The van der Waals surface area contributed by atoms with Crippen LogP contribution < -0.4 is 5.32 Å². The maximum atomic E-state index is 11.8. The lowest BCUT2D eigenvalue weighted by atomic mass is 10.2. The smallest absolute Gasteiger partial charge is 0.252 e. The molecule has 1 heterocycles. The summed E-state index contributed by atoms with van der Waals surface area (Å²) in [6.45, 7) is 7.65. The van der Waals surface area contributed by atoms with E-state index in [2.05, 4.69) is 29.0 Å². The molecule has 1 aromatic heterocycles. The lowest BCUT2D eigenvalue weighted by Crippen LogP contribution is -2.34. The minimum Gasteiger partial charge on any atom is -0.351 e. The Bertz CT molecular complexity index is 367. The van der Waals surface area contributed by atoms with Gasteiger partial charge in [0, 0.05) is 25.5 Å². The molecule has 0 atom stereocenters. The van der Waals surface area contributed by atoms with Crippen LogP contribution in [0.15, 0.2) is 18.5 Å². The maximum Gasteiger partial charge on any atom is 0.252 e. The van der Waals surface area contributed by atoms with Crippen LogP contribution in [0.25, 0.3) is 0 Å². The van der Waals surface area contributed by atoms with Gasteiger partial charge in [-0.15, -0.1) is 0 Å². The van der Waals surface area contributed by atoms with E-state index in [4.69, 9.17) is 11.6 Å². The zero-order valence-corrected chi connectivity index (χ0v) is 11.0. The molecule has 0 unspecified atom stereocenters. The first kappa shape index (κ1) is 13.9. The summed E-state index contributed by atoms with van der Waals surface area (Å²) in [6, 6.07) is 1.62. The molecule has 0 aromatic carbocycles. The van der Waals surface area contributed by atoms with Gasteiger partial charge in [0.25, 0.3) is 5.91 Å². The monoisotopic (exact) mass is 255 g/mol. The number of nitrogens with one attached hydrogen (secondary N) is 1.